The molecule has 3 heterocycles. The molecule has 1 N–H and O–H groups in total. The van der Waals surface area contributed by atoms with Gasteiger partial charge in [0.05, 0.1) is 0 Å². The molecule has 0 aromatic heterocycles. The zero-order valence-electron chi connectivity index (χ0n) is 11.3. The van der Waals surface area contributed by atoms with Gasteiger partial charge in [-0.3, -0.25) is 0 Å². The lowest BCUT2D eigenvalue weighted by Gasteiger charge is -2.35. The fraction of sp³-hybridized carbons (Fsp3) is 0.917. The van der Waals surface area contributed by atoms with Crippen molar-refractivity contribution < 1.29 is 33.6 Å². The van der Waals surface area contributed by atoms with Gasteiger partial charge in [-0.05, 0) is 27.7 Å². The van der Waals surface area contributed by atoms with Crippen molar-refractivity contribution in [2.24, 2.45) is 0 Å². The summed E-state index contributed by atoms with van der Waals surface area (Å²) in [6, 6.07) is 0. The monoisotopic (exact) mass is 274 g/mol. The Kier molecular flexibility index (Phi) is 2.72. The van der Waals surface area contributed by atoms with Gasteiger partial charge in [0.1, 0.15) is 18.3 Å². The molecule has 7 nitrogen and oxygen atoms in total. The van der Waals surface area contributed by atoms with Crippen molar-refractivity contribution in [2.75, 3.05) is 0 Å². The molecule has 0 saturated carbocycles. The van der Waals surface area contributed by atoms with Gasteiger partial charge in [-0.1, -0.05) is 0 Å². The molecule has 2 unspecified atom stereocenters. The predicted molar refractivity (Wildman–Crippen MR) is 60.2 cm³/mol. The van der Waals surface area contributed by atoms with Crippen LogP contribution in [0.2, 0.25) is 0 Å². The lowest BCUT2D eigenvalue weighted by atomic mass is 9.99. The molecule has 3 rings (SSSR count). The molecule has 0 amide bonds. The van der Waals surface area contributed by atoms with Crippen molar-refractivity contribution in [3.8, 4) is 0 Å². The van der Waals surface area contributed by atoms with E-state index in [1.165, 1.54) is 0 Å². The van der Waals surface area contributed by atoms with Gasteiger partial charge in [-0.2, -0.15) is 0 Å². The molecule has 0 radical (unpaired) electrons. The van der Waals surface area contributed by atoms with Crippen molar-refractivity contribution in [1.82, 2.24) is 0 Å². The Morgan fingerprint density at radius 3 is 2.05 bits per heavy atom. The molecule has 3 fully saturated rings. The fourth-order valence-electron chi connectivity index (χ4n) is 2.81. The molecule has 108 valence electrons. The largest absolute Gasteiger partial charge is 0.479 e. The van der Waals surface area contributed by atoms with Gasteiger partial charge in [0, 0.05) is 0 Å². The Morgan fingerprint density at radius 2 is 1.42 bits per heavy atom. The highest BCUT2D eigenvalue weighted by molar-refractivity contribution is 5.73. The number of aliphatic carboxylic acids is 1. The Bertz CT molecular complexity index is 405. The SMILES string of the molecule is CC1(C)OC2OC(C(=O)O)[C@@H]3OC(C)(C)O[C@@H]3[C@H]2O1. The van der Waals surface area contributed by atoms with Crippen LogP contribution in [-0.2, 0) is 28.5 Å². The Balaban J connectivity index is 1.91. The molecule has 0 aliphatic carbocycles. The second-order valence-corrected chi connectivity index (χ2v) is 5.93. The molecular weight excluding hydrogens is 256 g/mol. The first-order valence-corrected chi connectivity index (χ1v) is 6.28. The topological polar surface area (TPSA) is 83.5 Å². The summed E-state index contributed by atoms with van der Waals surface area (Å²) >= 11 is 0. The number of fused-ring (bicyclic) bond motifs is 3. The highest BCUT2D eigenvalue weighted by Gasteiger charge is 2.62. The Hall–Kier alpha value is -0.730. The minimum absolute atomic E-state index is 0.489. The first kappa shape index (κ1) is 13.3. The van der Waals surface area contributed by atoms with Crippen LogP contribution in [0.1, 0.15) is 27.7 Å². The fourth-order valence-corrected chi connectivity index (χ4v) is 2.81. The van der Waals surface area contributed by atoms with Crippen molar-refractivity contribution in [1.29, 1.82) is 0 Å². The number of ether oxygens (including phenoxy) is 5. The van der Waals surface area contributed by atoms with E-state index in [-0.39, 0.29) is 0 Å². The molecular formula is C12H18O7. The number of hydrogen-bond donors (Lipinski definition) is 1. The van der Waals surface area contributed by atoms with Crippen LogP contribution in [0.15, 0.2) is 0 Å². The summed E-state index contributed by atoms with van der Waals surface area (Å²) in [6.45, 7) is 6.97. The lowest BCUT2D eigenvalue weighted by Crippen LogP contribution is -2.57. The van der Waals surface area contributed by atoms with E-state index in [0.29, 0.717) is 0 Å². The average Bonchev–Trinajstić information content (AvgIpc) is 2.70. The second kappa shape index (κ2) is 3.89. The van der Waals surface area contributed by atoms with E-state index < -0.39 is 48.2 Å². The summed E-state index contributed by atoms with van der Waals surface area (Å²) in [4.78, 5) is 11.3. The third-order valence-electron chi connectivity index (χ3n) is 3.40. The van der Waals surface area contributed by atoms with Gasteiger partial charge in [0.15, 0.2) is 24.0 Å². The highest BCUT2D eigenvalue weighted by Crippen LogP contribution is 2.43. The molecule has 5 atom stereocenters. The second-order valence-electron chi connectivity index (χ2n) is 5.93. The maximum absolute atomic E-state index is 11.3. The zero-order valence-corrected chi connectivity index (χ0v) is 11.3. The third-order valence-corrected chi connectivity index (χ3v) is 3.40. The predicted octanol–water partition coefficient (Wildman–Crippen LogP) is 0.467. The van der Waals surface area contributed by atoms with Gasteiger partial charge >= 0.3 is 5.97 Å². The van der Waals surface area contributed by atoms with Crippen LogP contribution in [0.5, 0.6) is 0 Å². The van der Waals surface area contributed by atoms with Crippen molar-refractivity contribution in [2.45, 2.75) is 70.0 Å². The first-order chi connectivity index (χ1) is 8.69. The number of carboxylic acid groups (broad SMARTS) is 1. The average molecular weight is 274 g/mol. The molecule has 0 aromatic rings. The van der Waals surface area contributed by atoms with Gasteiger partial charge in [-0.25, -0.2) is 4.79 Å². The van der Waals surface area contributed by atoms with Crippen molar-refractivity contribution in [3.63, 3.8) is 0 Å². The normalized spacial score (nSPS) is 46.6. The Morgan fingerprint density at radius 1 is 0.895 bits per heavy atom. The number of hydrogen-bond acceptors (Lipinski definition) is 6. The van der Waals surface area contributed by atoms with Crippen LogP contribution in [0.4, 0.5) is 0 Å². The zero-order chi connectivity index (χ0) is 14.0. The van der Waals surface area contributed by atoms with Gasteiger partial charge in [0.25, 0.3) is 0 Å². The van der Waals surface area contributed by atoms with E-state index in [1.807, 2.05) is 0 Å². The molecule has 3 saturated heterocycles. The number of rotatable bonds is 1. The number of carboxylic acids is 1. The molecule has 3 aliphatic rings. The van der Waals surface area contributed by atoms with E-state index in [1.54, 1.807) is 27.7 Å². The summed E-state index contributed by atoms with van der Waals surface area (Å²) in [6.07, 6.45) is -3.58. The van der Waals surface area contributed by atoms with Crippen LogP contribution in [0.3, 0.4) is 0 Å². The summed E-state index contributed by atoms with van der Waals surface area (Å²) in [5.41, 5.74) is 0. The first-order valence-electron chi connectivity index (χ1n) is 6.28. The van der Waals surface area contributed by atoms with Gasteiger partial charge in [0.2, 0.25) is 0 Å². The Labute approximate surface area is 110 Å². The molecule has 0 aromatic carbocycles. The van der Waals surface area contributed by atoms with E-state index in [4.69, 9.17) is 23.7 Å². The van der Waals surface area contributed by atoms with Crippen molar-refractivity contribution in [3.05, 3.63) is 0 Å². The molecule has 0 spiro atoms. The van der Waals surface area contributed by atoms with Crippen LogP contribution >= 0.6 is 0 Å². The van der Waals surface area contributed by atoms with Crippen LogP contribution < -0.4 is 0 Å². The maximum Gasteiger partial charge on any atom is 0.335 e. The highest BCUT2D eigenvalue weighted by atomic mass is 16.9. The van der Waals surface area contributed by atoms with E-state index in [2.05, 4.69) is 0 Å². The van der Waals surface area contributed by atoms with Crippen LogP contribution in [0, 0.1) is 0 Å². The van der Waals surface area contributed by atoms with E-state index in [0.717, 1.165) is 0 Å². The molecule has 3 aliphatic heterocycles. The van der Waals surface area contributed by atoms with E-state index >= 15 is 0 Å². The van der Waals surface area contributed by atoms with Gasteiger partial charge < -0.3 is 28.8 Å². The van der Waals surface area contributed by atoms with Crippen molar-refractivity contribution >= 4 is 5.97 Å². The molecule has 0 bridgehead atoms. The minimum atomic E-state index is -1.12. The third kappa shape index (κ3) is 2.15. The van der Waals surface area contributed by atoms with Crippen LogP contribution in [0.25, 0.3) is 0 Å². The van der Waals surface area contributed by atoms with Crippen LogP contribution in [-0.4, -0.2) is 53.4 Å². The summed E-state index contributed by atoms with van der Waals surface area (Å²) in [5.74, 6) is -2.79. The quantitative estimate of drug-likeness (QED) is 0.744. The smallest absolute Gasteiger partial charge is 0.335 e. The molecule has 7 heteroatoms. The summed E-state index contributed by atoms with van der Waals surface area (Å²) < 4.78 is 28.2. The number of carbonyl (C=O) groups is 1. The lowest BCUT2D eigenvalue weighted by molar-refractivity contribution is -0.237. The minimum Gasteiger partial charge on any atom is -0.479 e. The molecule has 19 heavy (non-hydrogen) atoms. The summed E-state index contributed by atoms with van der Waals surface area (Å²) in [5, 5.41) is 9.25. The van der Waals surface area contributed by atoms with Gasteiger partial charge in [-0.15, -0.1) is 0 Å². The van der Waals surface area contributed by atoms with E-state index in [9.17, 15) is 9.90 Å². The standard InChI is InChI=1S/C12H18O7/c1-11(2)16-5-6(17-11)8-10(15-7(5)9(13)14)19-12(3,4)18-8/h5-8,10H,1-4H3,(H,13,14)/t5-,6+,7?,8-,10?/m1/s1. The summed E-state index contributed by atoms with van der Waals surface area (Å²) in [7, 11) is 0. The maximum atomic E-state index is 11.3.